The molecule has 2 aromatic heterocycles. The van der Waals surface area contributed by atoms with Crippen molar-refractivity contribution in [3.05, 3.63) is 170 Å². The zero-order valence-electron chi connectivity index (χ0n) is 27.0. The monoisotopic (exact) mass is 636 g/mol. The highest BCUT2D eigenvalue weighted by atomic mass is 16.3. The van der Waals surface area contributed by atoms with Gasteiger partial charge in [0.2, 0.25) is 0 Å². The number of fused-ring (bicyclic) bond motifs is 10. The van der Waals surface area contributed by atoms with E-state index in [1.807, 2.05) is 12.1 Å². The molecule has 50 heavy (non-hydrogen) atoms. The van der Waals surface area contributed by atoms with Crippen LogP contribution in [0, 0.1) is 0 Å². The van der Waals surface area contributed by atoms with Crippen molar-refractivity contribution in [1.82, 2.24) is 0 Å². The Balaban J connectivity index is 1.12. The maximum atomic E-state index is 6.53. The van der Waals surface area contributed by atoms with E-state index in [0.29, 0.717) is 0 Å². The van der Waals surface area contributed by atoms with Crippen LogP contribution in [0.25, 0.3) is 110 Å². The molecule has 0 N–H and O–H groups in total. The fourth-order valence-corrected chi connectivity index (χ4v) is 8.21. The normalized spacial score (nSPS) is 12.0. The second-order valence-corrected chi connectivity index (χ2v) is 13.2. The molecular formula is C48H28O2. The number of rotatable bonds is 3. The quantitative estimate of drug-likeness (QED) is 0.180. The summed E-state index contributed by atoms with van der Waals surface area (Å²) in [6.45, 7) is 0. The lowest BCUT2D eigenvalue weighted by molar-refractivity contribution is 0.668. The molecule has 0 saturated carbocycles. The van der Waals surface area contributed by atoms with Gasteiger partial charge in [-0.05, 0) is 108 Å². The van der Waals surface area contributed by atoms with E-state index in [-0.39, 0.29) is 0 Å². The predicted molar refractivity (Wildman–Crippen MR) is 210 cm³/mol. The SMILES string of the molecule is c1cc(-c2ccc3oc4ccccc4c3c2)cc(-c2c3ccccc3c(-c3ccc4c(c3)oc3ccc5ccccc5c34)c3ccccc23)c1. The minimum Gasteiger partial charge on any atom is -0.456 e. The molecule has 0 aliphatic heterocycles. The average Bonchev–Trinajstić information content (AvgIpc) is 3.75. The van der Waals surface area contributed by atoms with E-state index >= 15 is 0 Å². The van der Waals surface area contributed by atoms with Gasteiger partial charge in [0.25, 0.3) is 0 Å². The Morgan fingerprint density at radius 1 is 0.260 bits per heavy atom. The van der Waals surface area contributed by atoms with E-state index in [2.05, 4.69) is 158 Å². The van der Waals surface area contributed by atoms with Crippen molar-refractivity contribution in [2.75, 3.05) is 0 Å². The minimum absolute atomic E-state index is 0.904. The summed E-state index contributed by atoms with van der Waals surface area (Å²) in [7, 11) is 0. The summed E-state index contributed by atoms with van der Waals surface area (Å²) in [6, 6.07) is 60.9. The molecule has 0 amide bonds. The minimum atomic E-state index is 0.904. The third-order valence-electron chi connectivity index (χ3n) is 10.4. The number of hydrogen-bond donors (Lipinski definition) is 0. The van der Waals surface area contributed by atoms with E-state index in [1.165, 1.54) is 65.5 Å². The van der Waals surface area contributed by atoms with Gasteiger partial charge in [-0.25, -0.2) is 0 Å². The number of furan rings is 2. The zero-order valence-corrected chi connectivity index (χ0v) is 27.0. The van der Waals surface area contributed by atoms with Crippen LogP contribution < -0.4 is 0 Å². The molecule has 2 nitrogen and oxygen atoms in total. The lowest BCUT2D eigenvalue weighted by atomic mass is 9.85. The van der Waals surface area contributed by atoms with Crippen LogP contribution in [0.15, 0.2) is 179 Å². The molecule has 9 aromatic carbocycles. The number of benzene rings is 9. The van der Waals surface area contributed by atoms with E-state index in [1.54, 1.807) is 0 Å². The van der Waals surface area contributed by atoms with E-state index < -0.39 is 0 Å². The van der Waals surface area contributed by atoms with Gasteiger partial charge in [0.05, 0.1) is 0 Å². The molecule has 0 aliphatic rings. The van der Waals surface area contributed by atoms with Gasteiger partial charge >= 0.3 is 0 Å². The van der Waals surface area contributed by atoms with Gasteiger partial charge in [-0.1, -0.05) is 127 Å². The molecule has 232 valence electrons. The molecule has 0 bridgehead atoms. The first-order valence-electron chi connectivity index (χ1n) is 17.1. The Morgan fingerprint density at radius 2 is 0.800 bits per heavy atom. The van der Waals surface area contributed by atoms with Crippen LogP contribution in [-0.4, -0.2) is 0 Å². The molecule has 0 saturated heterocycles. The maximum absolute atomic E-state index is 6.53. The maximum Gasteiger partial charge on any atom is 0.136 e. The Labute approximate surface area is 287 Å². The largest absolute Gasteiger partial charge is 0.456 e. The molecule has 0 aliphatic carbocycles. The standard InChI is InChI=1S/C48H28O2/c1-2-13-34-29(10-1)21-25-44-48(34)40-23-20-33(28-45(40)50-44)47-38-17-5-3-15-36(38)46(37-16-4-6-18-39(37)47)32-12-9-11-30(26-32)31-22-24-43-41(27-31)35-14-7-8-19-42(35)49-43/h1-28H. The van der Waals surface area contributed by atoms with Gasteiger partial charge < -0.3 is 8.83 Å². The van der Waals surface area contributed by atoms with Crippen LogP contribution in [0.1, 0.15) is 0 Å². The smallest absolute Gasteiger partial charge is 0.136 e. The summed E-state index contributed by atoms with van der Waals surface area (Å²) < 4.78 is 12.7. The molecule has 0 unspecified atom stereocenters. The molecule has 2 heteroatoms. The summed E-state index contributed by atoms with van der Waals surface area (Å²) in [4.78, 5) is 0. The van der Waals surface area contributed by atoms with Crippen molar-refractivity contribution >= 4 is 76.2 Å². The number of para-hydroxylation sites is 1. The third-order valence-corrected chi connectivity index (χ3v) is 10.4. The predicted octanol–water partition coefficient (Wildman–Crippen LogP) is 13.9. The van der Waals surface area contributed by atoms with E-state index in [9.17, 15) is 0 Å². The Hall–Kier alpha value is -6.64. The molecule has 0 atom stereocenters. The molecule has 11 aromatic rings. The molecule has 0 radical (unpaired) electrons. The van der Waals surface area contributed by atoms with Gasteiger partial charge in [0.1, 0.15) is 22.3 Å². The number of hydrogen-bond acceptors (Lipinski definition) is 2. The van der Waals surface area contributed by atoms with Gasteiger partial charge in [0, 0.05) is 21.5 Å². The second kappa shape index (κ2) is 10.4. The molecule has 0 spiro atoms. The summed E-state index contributed by atoms with van der Waals surface area (Å²) in [5.74, 6) is 0. The van der Waals surface area contributed by atoms with Crippen LogP contribution in [0.2, 0.25) is 0 Å². The second-order valence-electron chi connectivity index (χ2n) is 13.2. The van der Waals surface area contributed by atoms with Crippen molar-refractivity contribution < 1.29 is 8.83 Å². The van der Waals surface area contributed by atoms with Gasteiger partial charge in [-0.3, -0.25) is 0 Å². The summed E-state index contributed by atoms with van der Waals surface area (Å²) >= 11 is 0. The Morgan fingerprint density at radius 3 is 1.56 bits per heavy atom. The average molecular weight is 637 g/mol. The lowest BCUT2D eigenvalue weighted by Gasteiger charge is -2.18. The highest BCUT2D eigenvalue weighted by Crippen LogP contribution is 2.46. The summed E-state index contributed by atoms with van der Waals surface area (Å²) in [5.41, 5.74) is 10.8. The molecule has 0 fully saturated rings. The van der Waals surface area contributed by atoms with Crippen LogP contribution in [0.5, 0.6) is 0 Å². The molecule has 2 heterocycles. The fraction of sp³-hybridized carbons (Fsp3) is 0. The van der Waals surface area contributed by atoms with Crippen LogP contribution >= 0.6 is 0 Å². The van der Waals surface area contributed by atoms with Crippen LogP contribution in [0.3, 0.4) is 0 Å². The van der Waals surface area contributed by atoms with Gasteiger partial charge in [0.15, 0.2) is 0 Å². The zero-order chi connectivity index (χ0) is 32.8. The van der Waals surface area contributed by atoms with Crippen LogP contribution in [-0.2, 0) is 0 Å². The first-order valence-corrected chi connectivity index (χ1v) is 17.1. The van der Waals surface area contributed by atoms with E-state index in [4.69, 9.17) is 8.83 Å². The van der Waals surface area contributed by atoms with Crippen molar-refractivity contribution in [2.45, 2.75) is 0 Å². The first-order chi connectivity index (χ1) is 24.8. The molecular weight excluding hydrogens is 609 g/mol. The van der Waals surface area contributed by atoms with E-state index in [0.717, 1.165) is 44.1 Å². The Kier molecular flexibility index (Phi) is 5.70. The lowest BCUT2D eigenvalue weighted by Crippen LogP contribution is -1.91. The third kappa shape index (κ3) is 3.96. The van der Waals surface area contributed by atoms with Crippen molar-refractivity contribution in [2.24, 2.45) is 0 Å². The summed E-state index contributed by atoms with van der Waals surface area (Å²) in [6.07, 6.45) is 0. The van der Waals surface area contributed by atoms with Crippen LogP contribution in [0.4, 0.5) is 0 Å². The topological polar surface area (TPSA) is 26.3 Å². The first kappa shape index (κ1) is 27.3. The van der Waals surface area contributed by atoms with Crippen molar-refractivity contribution in [3.63, 3.8) is 0 Å². The highest BCUT2D eigenvalue weighted by molar-refractivity contribution is 6.23. The van der Waals surface area contributed by atoms with Crippen molar-refractivity contribution in [3.8, 4) is 33.4 Å². The van der Waals surface area contributed by atoms with Crippen molar-refractivity contribution in [1.29, 1.82) is 0 Å². The highest BCUT2D eigenvalue weighted by Gasteiger charge is 2.19. The summed E-state index contributed by atoms with van der Waals surface area (Å²) in [5, 5.41) is 11.9. The molecule has 11 rings (SSSR count). The van der Waals surface area contributed by atoms with Gasteiger partial charge in [-0.2, -0.15) is 0 Å². The van der Waals surface area contributed by atoms with Gasteiger partial charge in [-0.15, -0.1) is 0 Å². The fourth-order valence-electron chi connectivity index (χ4n) is 8.21. The Bertz CT molecular complexity index is 3100.